The van der Waals surface area contributed by atoms with Crippen molar-refractivity contribution in [3.63, 3.8) is 0 Å². The number of anilines is 4. The van der Waals surface area contributed by atoms with Gasteiger partial charge in [0.15, 0.2) is 0 Å². The molecular weight excluding hydrogens is 1680 g/mol. The highest BCUT2D eigenvalue weighted by Crippen LogP contribution is 2.41. The second-order valence-corrected chi connectivity index (χ2v) is 34.6. The number of carbonyl (C=O) groups is 4. The molecule has 2 saturated carbocycles. The Kier molecular flexibility index (Phi) is 27.0. The number of aromatic nitrogens is 8. The summed E-state index contributed by atoms with van der Waals surface area (Å²) in [6, 6.07) is 30.0. The average molecular weight is 1780 g/mol. The van der Waals surface area contributed by atoms with E-state index in [1.165, 1.54) is 6.42 Å². The molecule has 0 bridgehead atoms. The van der Waals surface area contributed by atoms with Gasteiger partial charge in [-0.05, 0) is 121 Å². The van der Waals surface area contributed by atoms with Crippen LogP contribution < -0.4 is 42.5 Å². The zero-order valence-corrected chi connectivity index (χ0v) is 73.1. The van der Waals surface area contributed by atoms with Crippen LogP contribution in [0.15, 0.2) is 147 Å². The lowest BCUT2D eigenvalue weighted by atomic mass is 9.84. The molecule has 4 saturated heterocycles. The maximum absolute atomic E-state index is 12.6. The van der Waals surface area contributed by atoms with Crippen molar-refractivity contribution in [3.8, 4) is 44.5 Å². The van der Waals surface area contributed by atoms with Gasteiger partial charge in [-0.25, -0.2) is 19.9 Å². The number of benzene rings is 4. The van der Waals surface area contributed by atoms with Crippen LogP contribution in [0.4, 0.5) is 23.3 Å². The van der Waals surface area contributed by atoms with Crippen molar-refractivity contribution in [1.82, 2.24) is 57.1 Å². The summed E-state index contributed by atoms with van der Waals surface area (Å²) < 4.78 is 8.30. The van der Waals surface area contributed by atoms with Crippen molar-refractivity contribution in [1.29, 1.82) is 0 Å². The van der Waals surface area contributed by atoms with E-state index in [-0.39, 0.29) is 29.6 Å². The van der Waals surface area contributed by atoms with Crippen LogP contribution in [0.2, 0.25) is 40.2 Å². The van der Waals surface area contributed by atoms with Gasteiger partial charge in [0.25, 0.3) is 0 Å². The molecule has 2 aliphatic carbocycles. The van der Waals surface area contributed by atoms with E-state index in [9.17, 15) is 19.2 Å². The molecule has 4 aliphatic heterocycles. The molecular formula is C88H96Cl8N20O4. The fraction of sp³-hybridized carbons (Fsp3) is 0.364. The van der Waals surface area contributed by atoms with E-state index < -0.39 is 0 Å². The molecule has 24 nitrogen and oxygen atoms in total. The van der Waals surface area contributed by atoms with Crippen molar-refractivity contribution >= 4 is 162 Å². The molecule has 8 N–H and O–H groups in total. The number of rotatable bonds is 16. The number of pyridine rings is 4. The van der Waals surface area contributed by atoms with E-state index in [1.807, 2.05) is 150 Å². The number of imidazole rings is 4. The van der Waals surface area contributed by atoms with Crippen molar-refractivity contribution in [2.24, 2.45) is 40.7 Å². The molecule has 18 rings (SSSR count). The molecule has 4 amide bonds. The maximum atomic E-state index is 12.6. The van der Waals surface area contributed by atoms with E-state index in [1.54, 1.807) is 24.3 Å². The molecule has 12 aromatic rings. The molecule has 4 aromatic carbocycles. The Labute approximate surface area is 737 Å². The molecule has 32 heteroatoms. The minimum absolute atomic E-state index is 0.0220. The molecule has 628 valence electrons. The summed E-state index contributed by atoms with van der Waals surface area (Å²) >= 11 is 50.2. The van der Waals surface area contributed by atoms with Crippen LogP contribution in [0.3, 0.4) is 0 Å². The minimum atomic E-state index is 0.0220. The molecule has 0 atom stereocenters. The lowest BCUT2D eigenvalue weighted by Crippen LogP contribution is -2.51. The monoisotopic (exact) mass is 1780 g/mol. The predicted molar refractivity (Wildman–Crippen MR) is 485 cm³/mol. The van der Waals surface area contributed by atoms with Gasteiger partial charge in [-0.1, -0.05) is 144 Å². The molecule has 12 heterocycles. The highest BCUT2D eigenvalue weighted by atomic mass is 35.5. The molecule has 0 radical (unpaired) electrons. The number of nitrogens with two attached hydrogens (primary N) is 4. The lowest BCUT2D eigenvalue weighted by Gasteiger charge is -2.38. The van der Waals surface area contributed by atoms with E-state index in [2.05, 4.69) is 69.5 Å². The number of hydrogen-bond acceptors (Lipinski definition) is 16. The standard InChI is InChI=1S/C23H25Cl2N5O.C22H23Cl2N5O.C22H25Cl2N5O.C21H23Cl2N5O/c24-17-4-5-18(20(25)11-17)19-14-30-21(10-16(19)12-26)27-13-22(30)28-6-8-29(9-7-28)23(31)15-2-1-3-15;23-16-3-4-17(19(24)10-16)18-13-29-20(9-15(18)11-25)26-12-21(29)27-5-7-28(8-6-27)22(30)14-1-2-14;1-14(2)22(30)28-7-5-27(6-8-28)21-12-26-20-9-15(11-25)18(13-29(20)21)17-4-3-16(23)10-19(17)24;1-2-21(29)27-7-5-26(6-8-27)20-12-25-19-9-14(11-24)17(13-28(19)20)16-4-3-15(22)10-18(16)23/h4-5,10-11,13-15H,1-3,6-9,12,26H2;3-4,9-10,12-14H,1-2,5-8,11,25H2;3-4,9-10,12-14H,5-8,11,25H2,1-2H3;3-4,9-10,12-13H,2,5-8,11,24H2,1H3. The van der Waals surface area contributed by atoms with Crippen molar-refractivity contribution < 1.29 is 19.2 Å². The first-order valence-corrected chi connectivity index (χ1v) is 43.8. The van der Waals surface area contributed by atoms with Gasteiger partial charge >= 0.3 is 0 Å². The summed E-state index contributed by atoms with van der Waals surface area (Å²) in [5.74, 6) is 5.63. The number of hydrogen-bond donors (Lipinski definition) is 4. The zero-order chi connectivity index (χ0) is 84.3. The van der Waals surface area contributed by atoms with Crippen LogP contribution in [0, 0.1) is 17.8 Å². The van der Waals surface area contributed by atoms with Gasteiger partial charge in [0.1, 0.15) is 45.9 Å². The SMILES string of the molecule is CC(C)C(=O)N1CCN(c2cnc3cc(CN)c(-c4ccc(Cl)cc4Cl)cn23)CC1.CCC(=O)N1CCN(c2cnc3cc(CN)c(-c4ccc(Cl)cc4Cl)cn23)CC1.NCc1cc2ncc(N3CCN(C(=O)C4CC4)CC3)n2cc1-c1ccc(Cl)cc1Cl.NCc1cc2ncc(N3CCN(C(=O)C4CCC4)CC3)n2cc1-c1ccc(Cl)cc1Cl. The van der Waals surface area contributed by atoms with Gasteiger partial charge in [0, 0.05) is 265 Å². The van der Waals surface area contributed by atoms with Gasteiger partial charge in [-0.15, -0.1) is 0 Å². The van der Waals surface area contributed by atoms with Crippen molar-refractivity contribution in [3.05, 3.63) is 209 Å². The van der Waals surface area contributed by atoms with Crippen LogP contribution in [0.1, 0.15) is 81.5 Å². The van der Waals surface area contributed by atoms with E-state index in [0.29, 0.717) is 97.7 Å². The van der Waals surface area contributed by atoms with Crippen LogP contribution in [-0.4, -0.2) is 185 Å². The molecule has 6 fully saturated rings. The van der Waals surface area contributed by atoms with E-state index in [4.69, 9.17) is 116 Å². The second-order valence-electron chi connectivity index (χ2n) is 31.3. The topological polar surface area (TPSA) is 267 Å². The summed E-state index contributed by atoms with van der Waals surface area (Å²) in [7, 11) is 0. The van der Waals surface area contributed by atoms with Crippen LogP contribution in [-0.2, 0) is 45.4 Å². The first-order chi connectivity index (χ1) is 58.0. The Balaban J connectivity index is 0.000000125. The third-order valence-corrected chi connectivity index (χ3v) is 25.7. The fourth-order valence-electron chi connectivity index (χ4n) is 16.4. The zero-order valence-electron chi connectivity index (χ0n) is 67.1. The normalized spacial score (nSPS) is 15.9. The van der Waals surface area contributed by atoms with E-state index in [0.717, 1.165) is 230 Å². The smallest absolute Gasteiger partial charge is 0.225 e. The third-order valence-electron chi connectivity index (χ3n) is 23.5. The Hall–Kier alpha value is -9.12. The Morgan fingerprint density at radius 2 is 0.608 bits per heavy atom. The summed E-state index contributed by atoms with van der Waals surface area (Å²) in [6.07, 6.45) is 21.6. The van der Waals surface area contributed by atoms with Gasteiger partial charge in [-0.2, -0.15) is 0 Å². The predicted octanol–water partition coefficient (Wildman–Crippen LogP) is 15.9. The number of piperazine rings is 4. The number of fused-ring (bicyclic) bond motifs is 4. The van der Waals surface area contributed by atoms with Gasteiger partial charge in [0.05, 0.1) is 24.8 Å². The quantitative estimate of drug-likeness (QED) is 0.0700. The first kappa shape index (κ1) is 85.8. The Morgan fingerprint density at radius 1 is 0.350 bits per heavy atom. The fourth-order valence-corrected chi connectivity index (χ4v) is 18.4. The second kappa shape index (κ2) is 37.7. The molecule has 0 unspecified atom stereocenters. The van der Waals surface area contributed by atoms with Crippen molar-refractivity contribution in [2.45, 2.75) is 85.5 Å². The van der Waals surface area contributed by atoms with Gasteiger partial charge in [-0.3, -0.25) is 36.8 Å². The van der Waals surface area contributed by atoms with Crippen LogP contribution in [0.5, 0.6) is 0 Å². The number of halogens is 8. The molecule has 0 spiro atoms. The number of amides is 4. The summed E-state index contributed by atoms with van der Waals surface area (Å²) in [5, 5.41) is 4.73. The van der Waals surface area contributed by atoms with Crippen LogP contribution >= 0.6 is 92.8 Å². The number of carbonyl (C=O) groups excluding carboxylic acids is 4. The highest BCUT2D eigenvalue weighted by Gasteiger charge is 2.36. The van der Waals surface area contributed by atoms with E-state index >= 15 is 0 Å². The van der Waals surface area contributed by atoms with Crippen molar-refractivity contribution in [2.75, 3.05) is 124 Å². The number of nitrogens with zero attached hydrogens (tertiary/aromatic N) is 16. The summed E-state index contributed by atoms with van der Waals surface area (Å²) in [4.78, 5) is 84.5. The largest absolute Gasteiger partial charge is 0.353 e. The molecule has 8 aromatic heterocycles. The summed E-state index contributed by atoms with van der Waals surface area (Å²) in [6.45, 7) is 19.4. The third kappa shape index (κ3) is 18.5. The Bertz CT molecular complexity index is 5620. The van der Waals surface area contributed by atoms with Crippen LogP contribution in [0.25, 0.3) is 67.1 Å². The Morgan fingerprint density at radius 3 is 0.833 bits per heavy atom. The minimum Gasteiger partial charge on any atom is -0.353 e. The average Bonchev–Trinajstić information content (AvgIpc) is 1.58. The van der Waals surface area contributed by atoms with Gasteiger partial charge < -0.3 is 62.1 Å². The van der Waals surface area contributed by atoms with Gasteiger partial charge in [0.2, 0.25) is 23.6 Å². The first-order valence-electron chi connectivity index (χ1n) is 40.8. The lowest BCUT2D eigenvalue weighted by molar-refractivity contribution is -0.138. The maximum Gasteiger partial charge on any atom is 0.225 e. The highest BCUT2D eigenvalue weighted by molar-refractivity contribution is 6.38. The molecule has 6 aliphatic rings. The summed E-state index contributed by atoms with van der Waals surface area (Å²) in [5.41, 5.74) is 38.8. The molecule has 120 heavy (non-hydrogen) atoms.